The third-order valence-corrected chi connectivity index (χ3v) is 4.42. The van der Waals surface area contributed by atoms with Crippen LogP contribution in [-0.4, -0.2) is 46.6 Å². The number of aliphatic hydroxyl groups is 3. The molecule has 1 aromatic heterocycles. The average Bonchev–Trinajstić information content (AvgIpc) is 3.02. The fraction of sp³-hybridized carbons (Fsp3) is 0.333. The maximum absolute atomic E-state index is 11.9. The number of carbonyl (C=O) groups excluding carboxylic acids is 3. The second-order valence-electron chi connectivity index (χ2n) is 5.48. The standard InChI is InChI=1S/C17H21ClN2O5.CO2/c1-19-5-13-14(15(18)16(20-13)17(24)25-2)10-4-3-9(6-21)11(7-22)12(10)8-23;2-1-3/h3-4,19-23H,5-8H2,1-2H3;. The first-order valence-electron chi connectivity index (χ1n) is 8.04. The van der Waals surface area contributed by atoms with E-state index in [1.165, 1.54) is 7.11 Å². The summed E-state index contributed by atoms with van der Waals surface area (Å²) in [6, 6.07) is 3.36. The zero-order chi connectivity index (χ0) is 21.3. The van der Waals surface area contributed by atoms with Crippen molar-refractivity contribution in [3.8, 4) is 11.1 Å². The highest BCUT2D eigenvalue weighted by molar-refractivity contribution is 6.36. The Hall–Kier alpha value is -2.52. The predicted octanol–water partition coefficient (Wildman–Crippen LogP) is 0.734. The van der Waals surface area contributed by atoms with Crippen molar-refractivity contribution >= 4 is 23.7 Å². The van der Waals surface area contributed by atoms with Gasteiger partial charge in [-0.3, -0.25) is 0 Å². The van der Waals surface area contributed by atoms with Crippen LogP contribution in [0.3, 0.4) is 0 Å². The van der Waals surface area contributed by atoms with Crippen molar-refractivity contribution in [2.24, 2.45) is 0 Å². The number of halogens is 1. The fourth-order valence-corrected chi connectivity index (χ4v) is 3.20. The molecule has 0 saturated carbocycles. The number of benzene rings is 1. The van der Waals surface area contributed by atoms with Crippen molar-refractivity contribution in [3.63, 3.8) is 0 Å². The summed E-state index contributed by atoms with van der Waals surface area (Å²) in [5.74, 6) is -0.603. The molecule has 28 heavy (non-hydrogen) atoms. The number of esters is 1. The Balaban J connectivity index is 0.00000122. The lowest BCUT2D eigenvalue weighted by atomic mass is 9.92. The first kappa shape index (κ1) is 23.5. The number of nitrogens with one attached hydrogen (secondary N) is 2. The Labute approximate surface area is 165 Å². The fourth-order valence-electron chi connectivity index (χ4n) is 2.86. The van der Waals surface area contributed by atoms with Crippen LogP contribution in [0.5, 0.6) is 0 Å². The van der Waals surface area contributed by atoms with Gasteiger partial charge >= 0.3 is 12.1 Å². The molecule has 0 atom stereocenters. The number of rotatable bonds is 7. The highest BCUT2D eigenvalue weighted by atomic mass is 35.5. The smallest absolute Gasteiger partial charge is 0.373 e. The van der Waals surface area contributed by atoms with Crippen LogP contribution in [0.1, 0.15) is 32.9 Å². The summed E-state index contributed by atoms with van der Waals surface area (Å²) >= 11 is 6.42. The van der Waals surface area contributed by atoms with Gasteiger partial charge in [0.25, 0.3) is 0 Å². The summed E-state index contributed by atoms with van der Waals surface area (Å²) in [4.78, 5) is 31.1. The number of methoxy groups -OCH3 is 1. The number of aliphatic hydroxyl groups excluding tert-OH is 3. The third-order valence-electron chi connectivity index (χ3n) is 4.04. The molecule has 10 heteroatoms. The Morgan fingerprint density at radius 2 is 1.79 bits per heavy atom. The summed E-state index contributed by atoms with van der Waals surface area (Å²) < 4.78 is 4.74. The maximum atomic E-state index is 11.9. The summed E-state index contributed by atoms with van der Waals surface area (Å²) in [6.45, 7) is -0.562. The van der Waals surface area contributed by atoms with Gasteiger partial charge in [-0.25, -0.2) is 4.79 Å². The van der Waals surface area contributed by atoms with Crippen LogP contribution < -0.4 is 5.32 Å². The summed E-state index contributed by atoms with van der Waals surface area (Å²) in [5, 5.41) is 32.1. The molecule has 0 bridgehead atoms. The lowest BCUT2D eigenvalue weighted by molar-refractivity contribution is -0.191. The molecule has 2 rings (SSSR count). The van der Waals surface area contributed by atoms with E-state index in [0.717, 1.165) is 0 Å². The van der Waals surface area contributed by atoms with Gasteiger partial charge < -0.3 is 30.4 Å². The number of aromatic nitrogens is 1. The molecule has 0 aliphatic carbocycles. The van der Waals surface area contributed by atoms with Gasteiger partial charge in [-0.15, -0.1) is 0 Å². The van der Waals surface area contributed by atoms with Gasteiger partial charge in [0.05, 0.1) is 32.0 Å². The average molecular weight is 413 g/mol. The van der Waals surface area contributed by atoms with Crippen molar-refractivity contribution in [1.29, 1.82) is 0 Å². The molecule has 2 aromatic rings. The first-order valence-corrected chi connectivity index (χ1v) is 8.42. The lowest BCUT2D eigenvalue weighted by Crippen LogP contribution is -2.08. The van der Waals surface area contributed by atoms with Crippen molar-refractivity contribution in [2.45, 2.75) is 26.4 Å². The normalized spacial score (nSPS) is 10.1. The van der Waals surface area contributed by atoms with E-state index in [-0.39, 0.29) is 36.7 Å². The van der Waals surface area contributed by atoms with E-state index >= 15 is 0 Å². The molecular formula is C18H21ClN2O7. The summed E-state index contributed by atoms with van der Waals surface area (Å²) in [6.07, 6.45) is 0.250. The molecule has 1 aromatic carbocycles. The van der Waals surface area contributed by atoms with Crippen LogP contribution >= 0.6 is 11.6 Å². The van der Waals surface area contributed by atoms with Crippen LogP contribution in [0.25, 0.3) is 11.1 Å². The monoisotopic (exact) mass is 412 g/mol. The largest absolute Gasteiger partial charge is 0.464 e. The Kier molecular flexibility index (Phi) is 9.54. The van der Waals surface area contributed by atoms with E-state index < -0.39 is 5.97 Å². The molecular weight excluding hydrogens is 392 g/mol. The lowest BCUT2D eigenvalue weighted by Gasteiger charge is -2.16. The quantitative estimate of drug-likeness (QED) is 0.418. The first-order chi connectivity index (χ1) is 13.4. The van der Waals surface area contributed by atoms with Crippen molar-refractivity contribution < 1.29 is 34.4 Å². The van der Waals surface area contributed by atoms with Crippen LogP contribution in [0.15, 0.2) is 12.1 Å². The zero-order valence-corrected chi connectivity index (χ0v) is 16.1. The van der Waals surface area contributed by atoms with Crippen LogP contribution in [0, 0.1) is 0 Å². The van der Waals surface area contributed by atoms with E-state index in [0.29, 0.717) is 40.1 Å². The minimum absolute atomic E-state index is 0.116. The van der Waals surface area contributed by atoms with Gasteiger partial charge in [-0.1, -0.05) is 23.7 Å². The molecule has 0 spiro atoms. The van der Waals surface area contributed by atoms with Gasteiger partial charge in [0.15, 0.2) is 0 Å². The topological polar surface area (TPSA) is 149 Å². The molecule has 9 nitrogen and oxygen atoms in total. The minimum atomic E-state index is -0.603. The summed E-state index contributed by atoms with van der Waals surface area (Å²) in [5.41, 5.74) is 3.28. The van der Waals surface area contributed by atoms with E-state index in [1.807, 2.05) is 0 Å². The number of aromatic amines is 1. The Morgan fingerprint density at radius 1 is 1.18 bits per heavy atom. The van der Waals surface area contributed by atoms with Gasteiger partial charge in [0.1, 0.15) is 5.69 Å². The Bertz CT molecular complexity index is 858. The maximum Gasteiger partial charge on any atom is 0.373 e. The molecule has 0 unspecified atom stereocenters. The molecule has 0 fully saturated rings. The Morgan fingerprint density at radius 3 is 2.25 bits per heavy atom. The molecule has 0 radical (unpaired) electrons. The SMILES string of the molecule is CNCc1[nH]c(C(=O)OC)c(Cl)c1-c1ccc(CO)c(CO)c1CO.O=C=O. The number of ether oxygens (including phenoxy) is 1. The molecule has 152 valence electrons. The highest BCUT2D eigenvalue weighted by Crippen LogP contribution is 2.38. The van der Waals surface area contributed by atoms with E-state index in [9.17, 15) is 20.1 Å². The van der Waals surface area contributed by atoms with Crippen LogP contribution in [0.2, 0.25) is 5.02 Å². The van der Waals surface area contributed by atoms with Crippen molar-refractivity contribution in [2.75, 3.05) is 14.2 Å². The predicted molar refractivity (Wildman–Crippen MR) is 98.1 cm³/mol. The van der Waals surface area contributed by atoms with Gasteiger partial charge in [-0.2, -0.15) is 9.59 Å². The molecule has 0 amide bonds. The van der Waals surface area contributed by atoms with Crippen LogP contribution in [0.4, 0.5) is 0 Å². The zero-order valence-electron chi connectivity index (χ0n) is 15.3. The van der Waals surface area contributed by atoms with Gasteiger partial charge in [0.2, 0.25) is 0 Å². The number of carbonyl (C=O) groups is 1. The number of hydrogen-bond donors (Lipinski definition) is 5. The van der Waals surface area contributed by atoms with E-state index in [4.69, 9.17) is 25.9 Å². The van der Waals surface area contributed by atoms with E-state index in [2.05, 4.69) is 10.3 Å². The minimum Gasteiger partial charge on any atom is -0.464 e. The molecule has 0 saturated heterocycles. The highest BCUT2D eigenvalue weighted by Gasteiger charge is 2.25. The second-order valence-corrected chi connectivity index (χ2v) is 5.85. The van der Waals surface area contributed by atoms with Gasteiger partial charge in [0, 0.05) is 17.8 Å². The van der Waals surface area contributed by atoms with Crippen LogP contribution in [-0.2, 0) is 40.7 Å². The second kappa shape index (κ2) is 11.4. The molecule has 1 heterocycles. The van der Waals surface area contributed by atoms with Crippen molar-refractivity contribution in [3.05, 3.63) is 45.2 Å². The molecule has 0 aliphatic heterocycles. The number of hydrogen-bond acceptors (Lipinski definition) is 8. The third kappa shape index (κ3) is 4.85. The van der Waals surface area contributed by atoms with Gasteiger partial charge in [-0.05, 0) is 29.3 Å². The molecule has 5 N–H and O–H groups in total. The van der Waals surface area contributed by atoms with Crippen molar-refractivity contribution in [1.82, 2.24) is 10.3 Å². The van der Waals surface area contributed by atoms with E-state index in [1.54, 1.807) is 19.2 Å². The number of H-pyrrole nitrogens is 1. The summed E-state index contributed by atoms with van der Waals surface area (Å²) in [7, 11) is 3.01. The molecule has 0 aliphatic rings.